The second-order valence-corrected chi connectivity index (χ2v) is 4.85. The molecule has 0 aromatic heterocycles. The highest BCUT2D eigenvalue weighted by molar-refractivity contribution is 5.26. The van der Waals surface area contributed by atoms with E-state index in [-0.39, 0.29) is 6.54 Å². The van der Waals surface area contributed by atoms with Crippen LogP contribution in [0.3, 0.4) is 0 Å². The summed E-state index contributed by atoms with van der Waals surface area (Å²) in [5.41, 5.74) is 0.651. The van der Waals surface area contributed by atoms with Crippen molar-refractivity contribution in [3.8, 4) is 0 Å². The molecule has 1 unspecified atom stereocenters. The predicted molar refractivity (Wildman–Crippen MR) is 74.9 cm³/mol. The fourth-order valence-corrected chi connectivity index (χ4v) is 1.64. The van der Waals surface area contributed by atoms with Gasteiger partial charge in [0.25, 0.3) is 0 Å². The molecule has 0 spiro atoms. The normalized spacial score (nSPS) is 13.2. The molecule has 2 N–H and O–H groups in total. The van der Waals surface area contributed by atoms with E-state index in [1.165, 1.54) is 12.1 Å². The number of alkyl halides is 3. The number of ether oxygens (including phenoxy) is 1. The maximum Gasteiger partial charge on any atom is 0.416 e. The number of aliphatic hydroxyl groups excluding tert-OH is 1. The van der Waals surface area contributed by atoms with Crippen molar-refractivity contribution in [3.05, 3.63) is 47.5 Å². The van der Waals surface area contributed by atoms with Crippen molar-refractivity contribution in [1.29, 1.82) is 0 Å². The Bertz CT molecular complexity index is 443. The summed E-state index contributed by atoms with van der Waals surface area (Å²) in [5, 5.41) is 12.8. The second kappa shape index (κ2) is 8.17. The fraction of sp³-hybridized carbons (Fsp3) is 0.467. The van der Waals surface area contributed by atoms with E-state index in [4.69, 9.17) is 4.74 Å². The molecule has 0 aliphatic rings. The summed E-state index contributed by atoms with van der Waals surface area (Å²) >= 11 is 0. The van der Waals surface area contributed by atoms with Gasteiger partial charge in [-0.15, -0.1) is 0 Å². The average Bonchev–Trinajstić information content (AvgIpc) is 2.41. The topological polar surface area (TPSA) is 41.5 Å². The molecule has 0 aliphatic heterocycles. The Kier molecular flexibility index (Phi) is 6.87. The van der Waals surface area contributed by atoms with E-state index < -0.39 is 17.8 Å². The van der Waals surface area contributed by atoms with E-state index in [1.54, 1.807) is 0 Å². The highest BCUT2D eigenvalue weighted by atomic mass is 19.4. The maximum absolute atomic E-state index is 12.4. The van der Waals surface area contributed by atoms with Gasteiger partial charge in [-0.05, 0) is 24.6 Å². The lowest BCUT2D eigenvalue weighted by molar-refractivity contribution is -0.137. The average molecular weight is 303 g/mol. The van der Waals surface area contributed by atoms with E-state index in [0.29, 0.717) is 25.3 Å². The zero-order valence-corrected chi connectivity index (χ0v) is 11.9. The van der Waals surface area contributed by atoms with Gasteiger partial charge in [-0.1, -0.05) is 24.3 Å². The summed E-state index contributed by atoms with van der Waals surface area (Å²) in [5.74, 6) is 0. The molecule has 1 atom stereocenters. The summed E-state index contributed by atoms with van der Waals surface area (Å²) < 4.78 is 42.5. The standard InChI is InChI=1S/C15H20F3NO2/c1-11(2)10-21-8-7-19-9-14(20)12-3-5-13(6-4-12)15(16,17)18/h3-6,14,19-20H,1,7-10H2,2H3. The van der Waals surface area contributed by atoms with Crippen LogP contribution in [0.25, 0.3) is 0 Å². The Morgan fingerprint density at radius 1 is 1.33 bits per heavy atom. The molecule has 0 bridgehead atoms. The predicted octanol–water partition coefficient (Wildman–Crippen LogP) is 2.92. The Morgan fingerprint density at radius 2 is 1.95 bits per heavy atom. The molecule has 1 aromatic rings. The second-order valence-electron chi connectivity index (χ2n) is 4.85. The van der Waals surface area contributed by atoms with Crippen LogP contribution in [0.15, 0.2) is 36.4 Å². The number of aliphatic hydroxyl groups is 1. The minimum absolute atomic E-state index is 0.252. The highest BCUT2D eigenvalue weighted by Gasteiger charge is 2.30. The zero-order valence-electron chi connectivity index (χ0n) is 11.9. The Balaban J connectivity index is 2.32. The lowest BCUT2D eigenvalue weighted by atomic mass is 10.1. The molecule has 0 saturated carbocycles. The summed E-state index contributed by atoms with van der Waals surface area (Å²) in [7, 11) is 0. The van der Waals surface area contributed by atoms with Crippen molar-refractivity contribution >= 4 is 0 Å². The SMILES string of the molecule is C=C(C)COCCNCC(O)c1ccc(C(F)(F)F)cc1. The van der Waals surface area contributed by atoms with Gasteiger partial charge in [-0.2, -0.15) is 13.2 Å². The van der Waals surface area contributed by atoms with Crippen LogP contribution in [0.2, 0.25) is 0 Å². The molecule has 1 aromatic carbocycles. The lowest BCUT2D eigenvalue weighted by Gasteiger charge is -2.13. The van der Waals surface area contributed by atoms with Gasteiger partial charge in [0.15, 0.2) is 0 Å². The summed E-state index contributed by atoms with van der Waals surface area (Å²) in [6.45, 7) is 7.33. The number of hydrogen-bond acceptors (Lipinski definition) is 3. The molecule has 0 saturated heterocycles. The number of halogens is 3. The van der Waals surface area contributed by atoms with Crippen molar-refractivity contribution in [3.63, 3.8) is 0 Å². The smallest absolute Gasteiger partial charge is 0.387 e. The van der Waals surface area contributed by atoms with Gasteiger partial charge in [-0.3, -0.25) is 0 Å². The van der Waals surface area contributed by atoms with Crippen LogP contribution in [-0.4, -0.2) is 31.4 Å². The molecular weight excluding hydrogens is 283 g/mol. The summed E-state index contributed by atoms with van der Waals surface area (Å²) in [6.07, 6.45) is -5.21. The minimum atomic E-state index is -4.36. The largest absolute Gasteiger partial charge is 0.416 e. The number of hydrogen-bond donors (Lipinski definition) is 2. The molecule has 21 heavy (non-hydrogen) atoms. The molecule has 6 heteroatoms. The molecule has 0 radical (unpaired) electrons. The fourth-order valence-electron chi connectivity index (χ4n) is 1.64. The van der Waals surface area contributed by atoms with Crippen LogP contribution in [0.4, 0.5) is 13.2 Å². The van der Waals surface area contributed by atoms with Gasteiger partial charge in [0.2, 0.25) is 0 Å². The van der Waals surface area contributed by atoms with Crippen molar-refractivity contribution in [1.82, 2.24) is 5.32 Å². The maximum atomic E-state index is 12.4. The van der Waals surface area contributed by atoms with Gasteiger partial charge in [-0.25, -0.2) is 0 Å². The molecule has 0 heterocycles. The van der Waals surface area contributed by atoms with Crippen LogP contribution in [0.5, 0.6) is 0 Å². The van der Waals surface area contributed by atoms with Crippen LogP contribution >= 0.6 is 0 Å². The molecule has 0 fully saturated rings. The van der Waals surface area contributed by atoms with Gasteiger partial charge in [0.05, 0.1) is 24.9 Å². The van der Waals surface area contributed by atoms with Gasteiger partial charge < -0.3 is 15.2 Å². The van der Waals surface area contributed by atoms with Crippen molar-refractivity contribution < 1.29 is 23.0 Å². The molecule has 0 amide bonds. The summed E-state index contributed by atoms with van der Waals surface area (Å²) in [4.78, 5) is 0. The van der Waals surface area contributed by atoms with Crippen molar-refractivity contribution in [2.24, 2.45) is 0 Å². The first-order chi connectivity index (χ1) is 9.80. The van der Waals surface area contributed by atoms with E-state index in [0.717, 1.165) is 17.7 Å². The molecule has 3 nitrogen and oxygen atoms in total. The third-order valence-corrected chi connectivity index (χ3v) is 2.73. The van der Waals surface area contributed by atoms with E-state index >= 15 is 0 Å². The monoisotopic (exact) mass is 303 g/mol. The Morgan fingerprint density at radius 3 is 2.48 bits per heavy atom. The number of benzene rings is 1. The van der Waals surface area contributed by atoms with Gasteiger partial charge in [0.1, 0.15) is 0 Å². The van der Waals surface area contributed by atoms with Crippen molar-refractivity contribution in [2.75, 3.05) is 26.3 Å². The van der Waals surface area contributed by atoms with Gasteiger partial charge >= 0.3 is 6.18 Å². The third kappa shape index (κ3) is 6.75. The zero-order chi connectivity index (χ0) is 15.9. The molecule has 1 rings (SSSR count). The van der Waals surface area contributed by atoms with Crippen molar-refractivity contribution in [2.45, 2.75) is 19.2 Å². The third-order valence-electron chi connectivity index (χ3n) is 2.73. The first-order valence-corrected chi connectivity index (χ1v) is 6.59. The molecule has 0 aliphatic carbocycles. The Labute approximate surface area is 122 Å². The highest BCUT2D eigenvalue weighted by Crippen LogP contribution is 2.29. The van der Waals surface area contributed by atoms with Crippen LogP contribution in [0.1, 0.15) is 24.2 Å². The quantitative estimate of drug-likeness (QED) is 0.573. The minimum Gasteiger partial charge on any atom is -0.387 e. The Hall–Kier alpha value is -1.37. The van der Waals surface area contributed by atoms with Crippen LogP contribution in [0, 0.1) is 0 Å². The van der Waals surface area contributed by atoms with E-state index in [2.05, 4.69) is 11.9 Å². The summed E-state index contributed by atoms with van der Waals surface area (Å²) in [6, 6.07) is 4.50. The first kappa shape index (κ1) is 17.7. The molecule has 118 valence electrons. The van der Waals surface area contributed by atoms with Gasteiger partial charge in [0, 0.05) is 13.1 Å². The van der Waals surface area contributed by atoms with Crippen LogP contribution < -0.4 is 5.32 Å². The molecular formula is C15H20F3NO2. The lowest BCUT2D eigenvalue weighted by Crippen LogP contribution is -2.25. The first-order valence-electron chi connectivity index (χ1n) is 6.59. The van der Waals surface area contributed by atoms with E-state index in [1.807, 2.05) is 6.92 Å². The van der Waals surface area contributed by atoms with E-state index in [9.17, 15) is 18.3 Å². The van der Waals surface area contributed by atoms with Crippen LogP contribution in [-0.2, 0) is 10.9 Å². The number of rotatable bonds is 8. The number of nitrogens with one attached hydrogen (secondary N) is 1.